The van der Waals surface area contributed by atoms with Crippen molar-refractivity contribution in [2.45, 2.75) is 34.2 Å². The number of rotatable bonds is 9. The summed E-state index contributed by atoms with van der Waals surface area (Å²) in [5.74, 6) is 0.688. The Labute approximate surface area is 149 Å². The molecule has 1 aromatic rings. The Morgan fingerprint density at radius 2 is 1.59 bits per heavy atom. The zero-order valence-electron chi connectivity index (χ0n) is 14.4. The third-order valence-electron chi connectivity index (χ3n) is 3.61. The highest BCUT2D eigenvalue weighted by Gasteiger charge is 2.10. The second kappa shape index (κ2) is 13.0. The molecule has 0 amide bonds. The van der Waals surface area contributed by atoms with Crippen LogP contribution in [0.5, 0.6) is 0 Å². The predicted octanol–water partition coefficient (Wildman–Crippen LogP) is 3.91. The van der Waals surface area contributed by atoms with Gasteiger partial charge in [0.25, 0.3) is 0 Å². The van der Waals surface area contributed by atoms with Crippen LogP contribution in [0.15, 0.2) is 24.3 Å². The Morgan fingerprint density at radius 1 is 1.00 bits per heavy atom. The number of anilines is 1. The number of hydrogen-bond donors (Lipinski definition) is 1. The monoisotopic (exact) mass is 349 g/mol. The van der Waals surface area contributed by atoms with Crippen LogP contribution in [-0.4, -0.2) is 42.5 Å². The molecule has 0 aromatic heterocycles. The molecule has 0 aliphatic heterocycles. The van der Waals surface area contributed by atoms with Gasteiger partial charge in [-0.1, -0.05) is 39.8 Å². The first-order valence-corrected chi connectivity index (χ1v) is 7.84. The van der Waals surface area contributed by atoms with E-state index in [4.69, 9.17) is 5.73 Å². The van der Waals surface area contributed by atoms with Crippen molar-refractivity contribution in [2.24, 2.45) is 5.92 Å². The first-order chi connectivity index (χ1) is 9.55. The minimum Gasteiger partial charge on any atom is -0.399 e. The van der Waals surface area contributed by atoms with Gasteiger partial charge in [0.1, 0.15) is 0 Å². The number of nitrogens with zero attached hydrogens (tertiary/aromatic N) is 2. The summed E-state index contributed by atoms with van der Waals surface area (Å²) >= 11 is 0. The van der Waals surface area contributed by atoms with Crippen LogP contribution in [0.3, 0.4) is 0 Å². The van der Waals surface area contributed by atoms with Crippen LogP contribution in [-0.2, 0) is 6.54 Å². The molecular weight excluding hydrogens is 317 g/mol. The average molecular weight is 350 g/mol. The third-order valence-corrected chi connectivity index (χ3v) is 3.61. The summed E-state index contributed by atoms with van der Waals surface area (Å²) in [5, 5.41) is 0. The van der Waals surface area contributed by atoms with Crippen molar-refractivity contribution < 1.29 is 0 Å². The maximum Gasteiger partial charge on any atom is 0.0317 e. The molecule has 0 radical (unpaired) electrons. The zero-order chi connectivity index (χ0) is 15.0. The van der Waals surface area contributed by atoms with Crippen molar-refractivity contribution >= 4 is 30.5 Å². The van der Waals surface area contributed by atoms with Gasteiger partial charge in [0.15, 0.2) is 0 Å². The maximum atomic E-state index is 5.87. The van der Waals surface area contributed by atoms with E-state index in [1.54, 1.807) is 0 Å². The molecule has 130 valence electrons. The van der Waals surface area contributed by atoms with E-state index in [2.05, 4.69) is 49.6 Å². The molecule has 0 spiro atoms. The molecule has 2 N–H and O–H groups in total. The quantitative estimate of drug-likeness (QED) is 0.686. The molecule has 0 saturated carbocycles. The van der Waals surface area contributed by atoms with Crippen molar-refractivity contribution in [3.63, 3.8) is 0 Å². The number of nitrogens with two attached hydrogens (primary N) is 1. The van der Waals surface area contributed by atoms with Gasteiger partial charge < -0.3 is 10.6 Å². The van der Waals surface area contributed by atoms with Gasteiger partial charge in [-0.05, 0) is 36.7 Å². The van der Waals surface area contributed by atoms with Crippen LogP contribution in [0, 0.1) is 5.92 Å². The summed E-state index contributed by atoms with van der Waals surface area (Å²) in [6.45, 7) is 15.7. The minimum absolute atomic E-state index is 0. The summed E-state index contributed by atoms with van der Waals surface area (Å²) < 4.78 is 0. The van der Waals surface area contributed by atoms with Gasteiger partial charge in [0.05, 0.1) is 0 Å². The fourth-order valence-electron chi connectivity index (χ4n) is 2.52. The van der Waals surface area contributed by atoms with Crippen molar-refractivity contribution in [3.8, 4) is 0 Å². The molecule has 0 aliphatic carbocycles. The van der Waals surface area contributed by atoms with Crippen LogP contribution >= 0.6 is 24.8 Å². The molecule has 0 unspecified atom stereocenters. The molecule has 0 fully saturated rings. The van der Waals surface area contributed by atoms with E-state index in [-0.39, 0.29) is 24.8 Å². The smallest absolute Gasteiger partial charge is 0.0317 e. The normalized spacial score (nSPS) is 10.7. The van der Waals surface area contributed by atoms with Gasteiger partial charge in [-0.25, -0.2) is 0 Å². The van der Waals surface area contributed by atoms with E-state index >= 15 is 0 Å². The molecule has 0 bridgehead atoms. The molecule has 3 nitrogen and oxygen atoms in total. The van der Waals surface area contributed by atoms with Gasteiger partial charge >= 0.3 is 0 Å². The third kappa shape index (κ3) is 9.52. The molecule has 0 heterocycles. The topological polar surface area (TPSA) is 32.5 Å². The fraction of sp³-hybridized carbons (Fsp3) is 0.647. The summed E-state index contributed by atoms with van der Waals surface area (Å²) in [6.07, 6.45) is 0. The second-order valence-corrected chi connectivity index (χ2v) is 5.90. The molecule has 5 heteroatoms. The first-order valence-electron chi connectivity index (χ1n) is 7.84. The zero-order valence-corrected chi connectivity index (χ0v) is 16.1. The molecule has 22 heavy (non-hydrogen) atoms. The summed E-state index contributed by atoms with van der Waals surface area (Å²) in [4.78, 5) is 5.02. The van der Waals surface area contributed by atoms with E-state index in [0.717, 1.165) is 45.0 Å². The maximum absolute atomic E-state index is 5.87. The number of nitrogen functional groups attached to an aromatic ring is 1. The van der Waals surface area contributed by atoms with Crippen molar-refractivity contribution in [2.75, 3.05) is 38.5 Å². The largest absolute Gasteiger partial charge is 0.399 e. The molecule has 0 saturated heterocycles. The SMILES string of the molecule is CCN(CC)CCN(Cc1cccc(N)c1)CC(C)C.Cl.Cl. The van der Waals surface area contributed by atoms with Gasteiger partial charge in [-0.2, -0.15) is 0 Å². The highest BCUT2D eigenvalue weighted by Crippen LogP contribution is 2.11. The number of likely N-dealkylation sites (N-methyl/N-ethyl adjacent to an activating group) is 1. The van der Waals surface area contributed by atoms with Crippen molar-refractivity contribution in [3.05, 3.63) is 29.8 Å². The Kier molecular flexibility index (Phi) is 14.1. The summed E-state index contributed by atoms with van der Waals surface area (Å²) in [7, 11) is 0. The highest BCUT2D eigenvalue weighted by atomic mass is 35.5. The predicted molar refractivity (Wildman–Crippen MR) is 103 cm³/mol. The standard InChI is InChI=1S/C17H31N3.2ClH/c1-5-19(6-2)10-11-20(13-15(3)4)14-16-8-7-9-17(18)12-16;;/h7-9,12,15H,5-6,10-11,13-14,18H2,1-4H3;2*1H. The van der Waals surface area contributed by atoms with E-state index < -0.39 is 0 Å². The lowest BCUT2D eigenvalue weighted by atomic mass is 10.1. The van der Waals surface area contributed by atoms with Crippen LogP contribution in [0.1, 0.15) is 33.3 Å². The summed E-state index contributed by atoms with van der Waals surface area (Å²) in [6, 6.07) is 8.25. The average Bonchev–Trinajstić information content (AvgIpc) is 2.39. The van der Waals surface area contributed by atoms with Crippen LogP contribution in [0.2, 0.25) is 0 Å². The van der Waals surface area contributed by atoms with Gasteiger partial charge in [0, 0.05) is 31.9 Å². The fourth-order valence-corrected chi connectivity index (χ4v) is 2.52. The summed E-state index contributed by atoms with van der Waals surface area (Å²) in [5.41, 5.74) is 8.04. The van der Waals surface area contributed by atoms with E-state index in [9.17, 15) is 0 Å². The Hall–Kier alpha value is -0.480. The van der Waals surface area contributed by atoms with Crippen LogP contribution in [0.25, 0.3) is 0 Å². The Morgan fingerprint density at radius 3 is 2.09 bits per heavy atom. The minimum atomic E-state index is 0. The van der Waals surface area contributed by atoms with Gasteiger partial charge in [0.2, 0.25) is 0 Å². The number of halogens is 2. The lowest BCUT2D eigenvalue weighted by Gasteiger charge is -2.27. The van der Waals surface area contributed by atoms with E-state index in [0.29, 0.717) is 5.92 Å². The highest BCUT2D eigenvalue weighted by molar-refractivity contribution is 5.85. The Balaban J connectivity index is 0. The lowest BCUT2D eigenvalue weighted by molar-refractivity contribution is 0.192. The molecule has 1 rings (SSSR count). The molecular formula is C17H33Cl2N3. The number of benzene rings is 1. The van der Waals surface area contributed by atoms with E-state index in [1.807, 2.05) is 12.1 Å². The van der Waals surface area contributed by atoms with Gasteiger partial charge in [-0.3, -0.25) is 4.90 Å². The second-order valence-electron chi connectivity index (χ2n) is 5.90. The van der Waals surface area contributed by atoms with Crippen molar-refractivity contribution in [1.29, 1.82) is 0 Å². The number of hydrogen-bond acceptors (Lipinski definition) is 3. The van der Waals surface area contributed by atoms with E-state index in [1.165, 1.54) is 5.56 Å². The van der Waals surface area contributed by atoms with Crippen LogP contribution in [0.4, 0.5) is 5.69 Å². The Bertz CT molecular complexity index is 382. The van der Waals surface area contributed by atoms with Crippen molar-refractivity contribution in [1.82, 2.24) is 9.80 Å². The first kappa shape index (κ1) is 23.8. The van der Waals surface area contributed by atoms with Gasteiger partial charge in [-0.15, -0.1) is 24.8 Å². The lowest BCUT2D eigenvalue weighted by Crippen LogP contribution is -2.36. The van der Waals surface area contributed by atoms with Crippen LogP contribution < -0.4 is 5.73 Å². The molecule has 0 atom stereocenters. The molecule has 1 aromatic carbocycles. The molecule has 0 aliphatic rings.